The SMILES string of the molecule is Cc1nc2ccc(OC(=O)c3ccc4ccccc4c3)cc2nc1C. The Morgan fingerprint density at radius 3 is 2.32 bits per heavy atom. The molecule has 4 rings (SSSR count). The predicted molar refractivity (Wildman–Crippen MR) is 97.9 cm³/mol. The highest BCUT2D eigenvalue weighted by atomic mass is 16.5. The van der Waals surface area contributed by atoms with Crippen molar-refractivity contribution < 1.29 is 9.53 Å². The number of hydrogen-bond donors (Lipinski definition) is 0. The van der Waals surface area contributed by atoms with Crippen molar-refractivity contribution in [3.05, 3.63) is 77.6 Å². The number of carbonyl (C=O) groups excluding carboxylic acids is 1. The smallest absolute Gasteiger partial charge is 0.343 e. The number of aromatic nitrogens is 2. The maximum Gasteiger partial charge on any atom is 0.343 e. The van der Waals surface area contributed by atoms with Gasteiger partial charge in [0.15, 0.2) is 0 Å². The van der Waals surface area contributed by atoms with Gasteiger partial charge in [-0.15, -0.1) is 0 Å². The standard InChI is InChI=1S/C21H16N2O2/c1-13-14(2)23-20-12-18(9-10-19(20)22-13)25-21(24)17-8-7-15-5-3-4-6-16(15)11-17/h3-12H,1-2H3. The molecule has 0 N–H and O–H groups in total. The van der Waals surface area contributed by atoms with Crippen molar-refractivity contribution in [3.63, 3.8) is 0 Å². The molecule has 0 saturated carbocycles. The highest BCUT2D eigenvalue weighted by Crippen LogP contribution is 2.21. The number of fused-ring (bicyclic) bond motifs is 2. The van der Waals surface area contributed by atoms with E-state index in [1.54, 1.807) is 18.2 Å². The molecule has 4 heteroatoms. The van der Waals surface area contributed by atoms with Crippen LogP contribution in [0.25, 0.3) is 21.8 Å². The van der Waals surface area contributed by atoms with E-state index in [4.69, 9.17) is 4.74 Å². The average molecular weight is 328 g/mol. The summed E-state index contributed by atoms with van der Waals surface area (Å²) in [5.74, 6) is 0.0742. The molecule has 0 aliphatic carbocycles. The summed E-state index contributed by atoms with van der Waals surface area (Å²) in [7, 11) is 0. The summed E-state index contributed by atoms with van der Waals surface area (Å²) in [6.45, 7) is 3.84. The van der Waals surface area contributed by atoms with Crippen molar-refractivity contribution in [2.45, 2.75) is 13.8 Å². The fourth-order valence-electron chi connectivity index (χ4n) is 2.76. The zero-order valence-electron chi connectivity index (χ0n) is 14.0. The van der Waals surface area contributed by atoms with Crippen LogP contribution in [0.1, 0.15) is 21.7 Å². The number of benzene rings is 3. The van der Waals surface area contributed by atoms with Gasteiger partial charge < -0.3 is 4.74 Å². The first-order valence-corrected chi connectivity index (χ1v) is 8.06. The van der Waals surface area contributed by atoms with Gasteiger partial charge in [0.2, 0.25) is 0 Å². The minimum absolute atomic E-state index is 0.387. The van der Waals surface area contributed by atoms with E-state index in [0.29, 0.717) is 16.8 Å². The third-order valence-corrected chi connectivity index (χ3v) is 4.24. The Morgan fingerprint density at radius 2 is 1.52 bits per heavy atom. The van der Waals surface area contributed by atoms with Crippen LogP contribution in [0.3, 0.4) is 0 Å². The van der Waals surface area contributed by atoms with Crippen LogP contribution < -0.4 is 4.74 Å². The van der Waals surface area contributed by atoms with Crippen molar-refractivity contribution >= 4 is 27.8 Å². The summed E-state index contributed by atoms with van der Waals surface area (Å²) in [5.41, 5.74) is 3.78. The van der Waals surface area contributed by atoms with Crippen LogP contribution in [0.5, 0.6) is 5.75 Å². The Bertz CT molecular complexity index is 1120. The molecule has 0 amide bonds. The average Bonchev–Trinajstić information content (AvgIpc) is 2.62. The Labute approximate surface area is 145 Å². The first-order valence-electron chi connectivity index (χ1n) is 8.06. The van der Waals surface area contributed by atoms with Gasteiger partial charge in [0, 0.05) is 6.07 Å². The zero-order chi connectivity index (χ0) is 17.4. The van der Waals surface area contributed by atoms with Gasteiger partial charge in [-0.2, -0.15) is 0 Å². The fourth-order valence-corrected chi connectivity index (χ4v) is 2.76. The normalized spacial score (nSPS) is 11.0. The van der Waals surface area contributed by atoms with E-state index in [2.05, 4.69) is 9.97 Å². The molecule has 3 aromatic carbocycles. The summed E-state index contributed by atoms with van der Waals surface area (Å²) in [6, 6.07) is 18.7. The van der Waals surface area contributed by atoms with Crippen LogP contribution in [-0.4, -0.2) is 15.9 Å². The molecule has 0 unspecified atom stereocenters. The summed E-state index contributed by atoms with van der Waals surface area (Å²) < 4.78 is 5.52. The summed E-state index contributed by atoms with van der Waals surface area (Å²) >= 11 is 0. The third-order valence-electron chi connectivity index (χ3n) is 4.24. The molecule has 0 saturated heterocycles. The Morgan fingerprint density at radius 1 is 0.800 bits per heavy atom. The topological polar surface area (TPSA) is 52.1 Å². The van der Waals surface area contributed by atoms with Crippen molar-refractivity contribution in [1.29, 1.82) is 0 Å². The van der Waals surface area contributed by atoms with E-state index in [9.17, 15) is 4.79 Å². The van der Waals surface area contributed by atoms with E-state index in [0.717, 1.165) is 27.7 Å². The molecule has 4 nitrogen and oxygen atoms in total. The third kappa shape index (κ3) is 2.94. The Hall–Kier alpha value is -3.27. The summed E-state index contributed by atoms with van der Waals surface area (Å²) in [4.78, 5) is 21.4. The van der Waals surface area contributed by atoms with E-state index in [-0.39, 0.29) is 5.97 Å². The highest BCUT2D eigenvalue weighted by Gasteiger charge is 2.11. The van der Waals surface area contributed by atoms with E-state index < -0.39 is 0 Å². The van der Waals surface area contributed by atoms with Gasteiger partial charge >= 0.3 is 5.97 Å². The van der Waals surface area contributed by atoms with Gasteiger partial charge in [-0.05, 0) is 48.9 Å². The van der Waals surface area contributed by atoms with Gasteiger partial charge in [0.05, 0.1) is 28.0 Å². The maximum atomic E-state index is 12.5. The second-order valence-electron chi connectivity index (χ2n) is 6.00. The minimum atomic E-state index is -0.387. The fraction of sp³-hybridized carbons (Fsp3) is 0.0952. The summed E-state index contributed by atoms with van der Waals surface area (Å²) in [5, 5.41) is 2.10. The molecule has 0 radical (unpaired) electrons. The lowest BCUT2D eigenvalue weighted by Crippen LogP contribution is -2.08. The second kappa shape index (κ2) is 5.98. The van der Waals surface area contributed by atoms with Crippen LogP contribution in [-0.2, 0) is 0 Å². The number of nitrogens with zero attached hydrogens (tertiary/aromatic N) is 2. The molecule has 4 aromatic rings. The molecule has 0 spiro atoms. The lowest BCUT2D eigenvalue weighted by Gasteiger charge is -2.07. The van der Waals surface area contributed by atoms with Gasteiger partial charge in [0.25, 0.3) is 0 Å². The highest BCUT2D eigenvalue weighted by molar-refractivity contribution is 5.96. The molecular weight excluding hydrogens is 312 g/mol. The molecule has 122 valence electrons. The molecule has 1 aromatic heterocycles. The first kappa shape index (κ1) is 15.3. The van der Waals surface area contributed by atoms with Gasteiger partial charge in [-0.25, -0.2) is 14.8 Å². The van der Waals surface area contributed by atoms with Crippen molar-refractivity contribution in [2.75, 3.05) is 0 Å². The zero-order valence-corrected chi connectivity index (χ0v) is 14.0. The van der Waals surface area contributed by atoms with Crippen LogP contribution in [0.15, 0.2) is 60.7 Å². The monoisotopic (exact) mass is 328 g/mol. The molecular formula is C21H16N2O2. The van der Waals surface area contributed by atoms with E-state index in [1.807, 2.05) is 56.3 Å². The lowest BCUT2D eigenvalue weighted by molar-refractivity contribution is 0.0735. The van der Waals surface area contributed by atoms with Crippen LogP contribution in [0.2, 0.25) is 0 Å². The molecule has 25 heavy (non-hydrogen) atoms. The molecule has 0 bridgehead atoms. The molecule has 0 fully saturated rings. The number of ether oxygens (including phenoxy) is 1. The van der Waals surface area contributed by atoms with Crippen molar-refractivity contribution in [3.8, 4) is 5.75 Å². The maximum absolute atomic E-state index is 12.5. The molecule has 0 atom stereocenters. The molecule has 1 heterocycles. The van der Waals surface area contributed by atoms with Crippen LogP contribution >= 0.6 is 0 Å². The number of esters is 1. The number of hydrogen-bond acceptors (Lipinski definition) is 4. The molecule has 0 aliphatic rings. The second-order valence-corrected chi connectivity index (χ2v) is 6.00. The lowest BCUT2D eigenvalue weighted by atomic mass is 10.1. The number of rotatable bonds is 2. The Kier molecular flexibility index (Phi) is 3.65. The van der Waals surface area contributed by atoms with Crippen LogP contribution in [0.4, 0.5) is 0 Å². The van der Waals surface area contributed by atoms with E-state index in [1.165, 1.54) is 0 Å². The van der Waals surface area contributed by atoms with Gasteiger partial charge in [0.1, 0.15) is 5.75 Å². The van der Waals surface area contributed by atoms with E-state index >= 15 is 0 Å². The summed E-state index contributed by atoms with van der Waals surface area (Å²) in [6.07, 6.45) is 0. The first-order chi connectivity index (χ1) is 12.1. The number of aryl methyl sites for hydroxylation is 2. The van der Waals surface area contributed by atoms with Gasteiger partial charge in [-0.3, -0.25) is 0 Å². The van der Waals surface area contributed by atoms with Crippen molar-refractivity contribution in [1.82, 2.24) is 9.97 Å². The van der Waals surface area contributed by atoms with Crippen LogP contribution in [0, 0.1) is 13.8 Å². The van der Waals surface area contributed by atoms with Crippen molar-refractivity contribution in [2.24, 2.45) is 0 Å². The number of carbonyl (C=O) groups is 1. The Balaban J connectivity index is 1.65. The largest absolute Gasteiger partial charge is 0.423 e. The minimum Gasteiger partial charge on any atom is -0.423 e. The molecule has 0 aliphatic heterocycles. The van der Waals surface area contributed by atoms with Gasteiger partial charge in [-0.1, -0.05) is 30.3 Å². The predicted octanol–water partition coefficient (Wildman–Crippen LogP) is 4.62. The quantitative estimate of drug-likeness (QED) is 0.398.